The molecule has 6 heteroatoms. The lowest BCUT2D eigenvalue weighted by atomic mass is 9.91. The van der Waals surface area contributed by atoms with Gasteiger partial charge >= 0.3 is 6.03 Å². The number of nitrogens with zero attached hydrogens (tertiary/aromatic N) is 1. The highest BCUT2D eigenvalue weighted by atomic mass is 32.2. The van der Waals surface area contributed by atoms with E-state index in [4.69, 9.17) is 0 Å². The number of amides is 2. The van der Waals surface area contributed by atoms with Crippen LogP contribution in [0.4, 0.5) is 4.79 Å². The van der Waals surface area contributed by atoms with Gasteiger partial charge in [-0.2, -0.15) is 0 Å². The first-order valence-electron chi connectivity index (χ1n) is 4.98. The molecule has 1 heterocycles. The summed E-state index contributed by atoms with van der Waals surface area (Å²) in [6.07, 6.45) is 0. The lowest BCUT2D eigenvalue weighted by molar-refractivity contribution is 0.136. The zero-order chi connectivity index (χ0) is 12.0. The Balaban J connectivity index is 3.46. The summed E-state index contributed by atoms with van der Waals surface area (Å²) in [6.45, 7) is 7.26. The number of carbonyl (C=O) groups is 1. The van der Waals surface area contributed by atoms with Gasteiger partial charge in [0.25, 0.3) is 10.0 Å². The van der Waals surface area contributed by atoms with Crippen molar-refractivity contribution in [3.05, 3.63) is 0 Å². The van der Waals surface area contributed by atoms with Gasteiger partial charge in [0.15, 0.2) is 4.87 Å². The van der Waals surface area contributed by atoms with Crippen molar-refractivity contribution >= 4 is 16.1 Å². The second kappa shape index (κ2) is 3.37. The Hall–Kier alpha value is -0.780. The van der Waals surface area contributed by atoms with Crippen molar-refractivity contribution in [2.45, 2.75) is 32.6 Å². The summed E-state index contributed by atoms with van der Waals surface area (Å²) in [4.78, 5) is 11.6. The molecule has 0 bridgehead atoms. The summed E-state index contributed by atoms with van der Waals surface area (Å²) in [5.74, 6) is -0.321. The SMILES string of the molecule is CC(C)C1(C(C)C)N(C)C(=O)NS1(=O)=O. The average molecular weight is 234 g/mol. The van der Waals surface area contributed by atoms with E-state index in [1.807, 2.05) is 27.7 Å². The maximum absolute atomic E-state index is 12.0. The van der Waals surface area contributed by atoms with Crippen LogP contribution in [0, 0.1) is 11.8 Å². The molecule has 88 valence electrons. The van der Waals surface area contributed by atoms with E-state index in [1.165, 1.54) is 11.9 Å². The van der Waals surface area contributed by atoms with Crippen molar-refractivity contribution in [2.75, 3.05) is 7.05 Å². The van der Waals surface area contributed by atoms with Gasteiger partial charge < -0.3 is 4.90 Å². The summed E-state index contributed by atoms with van der Waals surface area (Å²) in [5, 5.41) is 0. The molecule has 0 aliphatic carbocycles. The van der Waals surface area contributed by atoms with Gasteiger partial charge in [-0.25, -0.2) is 17.9 Å². The predicted molar refractivity (Wildman–Crippen MR) is 57.6 cm³/mol. The molecular formula is C9H18N2O3S. The maximum atomic E-state index is 12.0. The van der Waals surface area contributed by atoms with Crippen molar-refractivity contribution in [3.8, 4) is 0 Å². The van der Waals surface area contributed by atoms with Crippen molar-refractivity contribution in [1.29, 1.82) is 0 Å². The molecule has 1 aliphatic rings. The molecule has 0 atom stereocenters. The quantitative estimate of drug-likeness (QED) is 0.774. The highest BCUT2D eigenvalue weighted by Gasteiger charge is 2.59. The molecule has 1 aliphatic heterocycles. The topological polar surface area (TPSA) is 66.5 Å². The zero-order valence-electron chi connectivity index (χ0n) is 9.73. The van der Waals surface area contributed by atoms with Crippen LogP contribution in [0.1, 0.15) is 27.7 Å². The number of carbonyl (C=O) groups excluding carboxylic acids is 1. The van der Waals surface area contributed by atoms with Crippen LogP contribution < -0.4 is 4.72 Å². The van der Waals surface area contributed by atoms with Gasteiger partial charge in [-0.1, -0.05) is 27.7 Å². The van der Waals surface area contributed by atoms with Gasteiger partial charge in [0.1, 0.15) is 0 Å². The minimum absolute atomic E-state index is 0.161. The lowest BCUT2D eigenvalue weighted by Crippen LogP contribution is -2.55. The Kier molecular flexibility index (Phi) is 2.76. The third kappa shape index (κ3) is 1.34. The van der Waals surface area contributed by atoms with Crippen LogP contribution in [-0.4, -0.2) is 31.3 Å². The van der Waals surface area contributed by atoms with Crippen LogP contribution in [-0.2, 0) is 10.0 Å². The van der Waals surface area contributed by atoms with Crippen LogP contribution in [0.2, 0.25) is 0 Å². The van der Waals surface area contributed by atoms with Gasteiger partial charge in [-0.15, -0.1) is 0 Å². The van der Waals surface area contributed by atoms with E-state index in [1.54, 1.807) is 0 Å². The highest BCUT2D eigenvalue weighted by molar-refractivity contribution is 7.91. The van der Waals surface area contributed by atoms with Crippen molar-refractivity contribution in [1.82, 2.24) is 9.62 Å². The van der Waals surface area contributed by atoms with Crippen LogP contribution in [0.15, 0.2) is 0 Å². The highest BCUT2D eigenvalue weighted by Crippen LogP contribution is 2.40. The Labute approximate surface area is 90.9 Å². The van der Waals surface area contributed by atoms with E-state index < -0.39 is 20.9 Å². The first-order valence-corrected chi connectivity index (χ1v) is 6.46. The fourth-order valence-corrected chi connectivity index (χ4v) is 4.88. The first-order chi connectivity index (χ1) is 6.68. The fourth-order valence-electron chi connectivity index (χ4n) is 2.67. The molecule has 0 aromatic carbocycles. The smallest absolute Gasteiger partial charge is 0.305 e. The summed E-state index contributed by atoms with van der Waals surface area (Å²) in [7, 11) is -2.09. The molecule has 2 amide bonds. The zero-order valence-corrected chi connectivity index (χ0v) is 10.6. The van der Waals surface area contributed by atoms with Gasteiger partial charge in [-0.05, 0) is 11.8 Å². The predicted octanol–water partition coefficient (Wildman–Crippen LogP) is 0.980. The summed E-state index contributed by atoms with van der Waals surface area (Å²) >= 11 is 0. The normalized spacial score (nSPS) is 23.7. The number of sulfonamides is 1. The molecule has 0 aromatic heterocycles. The van der Waals surface area contributed by atoms with Crippen LogP contribution in [0.25, 0.3) is 0 Å². The van der Waals surface area contributed by atoms with Gasteiger partial charge in [0.2, 0.25) is 0 Å². The first kappa shape index (κ1) is 12.3. The number of hydrogen-bond acceptors (Lipinski definition) is 3. The standard InChI is InChI=1S/C9H18N2O3S/c1-6(2)9(7(3)4)11(5)8(12)10-15(9,13)14/h6-7H,1-5H3,(H,10,12). The molecule has 0 radical (unpaired) electrons. The number of urea groups is 1. The third-order valence-corrected chi connectivity index (χ3v) is 5.66. The van der Waals surface area contributed by atoms with E-state index in [0.717, 1.165) is 0 Å². The lowest BCUT2D eigenvalue weighted by Gasteiger charge is -2.39. The molecule has 1 rings (SSSR count). The Morgan fingerprint density at radius 2 is 1.60 bits per heavy atom. The fraction of sp³-hybridized carbons (Fsp3) is 0.889. The Morgan fingerprint density at radius 3 is 1.73 bits per heavy atom. The van der Waals surface area contributed by atoms with E-state index in [9.17, 15) is 13.2 Å². The van der Waals surface area contributed by atoms with E-state index in [-0.39, 0.29) is 11.8 Å². The Morgan fingerprint density at radius 1 is 1.20 bits per heavy atom. The second-order valence-electron chi connectivity index (χ2n) is 4.53. The van der Waals surface area contributed by atoms with Crippen molar-refractivity contribution in [3.63, 3.8) is 0 Å². The third-order valence-electron chi connectivity index (χ3n) is 3.14. The number of nitrogens with one attached hydrogen (secondary N) is 1. The molecule has 5 nitrogen and oxygen atoms in total. The molecule has 0 spiro atoms. The minimum Gasteiger partial charge on any atom is -0.305 e. The monoisotopic (exact) mass is 234 g/mol. The molecule has 1 N–H and O–H groups in total. The molecule has 1 saturated heterocycles. The Bertz CT molecular complexity index is 365. The molecule has 15 heavy (non-hydrogen) atoms. The largest absolute Gasteiger partial charge is 0.332 e. The van der Waals surface area contributed by atoms with E-state index in [2.05, 4.69) is 4.72 Å². The van der Waals surface area contributed by atoms with Gasteiger partial charge in [0, 0.05) is 7.05 Å². The van der Waals surface area contributed by atoms with Crippen LogP contribution in [0.5, 0.6) is 0 Å². The summed E-state index contributed by atoms with van der Waals surface area (Å²) in [5.41, 5.74) is 0. The molecular weight excluding hydrogens is 216 g/mol. The van der Waals surface area contributed by atoms with Crippen molar-refractivity contribution in [2.24, 2.45) is 11.8 Å². The molecule has 1 fully saturated rings. The molecule has 0 unspecified atom stereocenters. The van der Waals surface area contributed by atoms with Gasteiger partial charge in [-0.3, -0.25) is 0 Å². The molecule has 0 saturated carbocycles. The average Bonchev–Trinajstić information content (AvgIpc) is 2.18. The maximum Gasteiger partial charge on any atom is 0.332 e. The van der Waals surface area contributed by atoms with Crippen LogP contribution in [0.3, 0.4) is 0 Å². The van der Waals surface area contributed by atoms with Gasteiger partial charge in [0.05, 0.1) is 0 Å². The minimum atomic E-state index is -3.62. The summed E-state index contributed by atoms with van der Waals surface area (Å²) < 4.78 is 26.1. The number of hydrogen-bond donors (Lipinski definition) is 1. The second-order valence-corrected chi connectivity index (χ2v) is 6.40. The molecule has 0 aromatic rings. The number of rotatable bonds is 2. The van der Waals surface area contributed by atoms with Crippen LogP contribution >= 0.6 is 0 Å². The van der Waals surface area contributed by atoms with Crippen molar-refractivity contribution < 1.29 is 13.2 Å². The van der Waals surface area contributed by atoms with E-state index >= 15 is 0 Å². The summed E-state index contributed by atoms with van der Waals surface area (Å²) in [6, 6.07) is -0.544. The van der Waals surface area contributed by atoms with E-state index in [0.29, 0.717) is 0 Å².